The molecule has 0 saturated carbocycles. The van der Waals surface area contributed by atoms with E-state index < -0.39 is 10.8 Å². The molecule has 0 amide bonds. The van der Waals surface area contributed by atoms with E-state index in [0.717, 1.165) is 20.7 Å². The Balaban J connectivity index is 1.86. The molecule has 1 atom stereocenters. The molecule has 0 fully saturated rings. The molecule has 0 radical (unpaired) electrons. The fourth-order valence-electron chi connectivity index (χ4n) is 1.87. The summed E-state index contributed by atoms with van der Waals surface area (Å²) in [4.78, 5) is 0.826. The maximum absolute atomic E-state index is 12.3. The van der Waals surface area contributed by atoms with Crippen LogP contribution in [0.25, 0.3) is 0 Å². The third-order valence-electron chi connectivity index (χ3n) is 2.83. The van der Waals surface area contributed by atoms with E-state index in [1.807, 2.05) is 42.5 Å². The van der Waals surface area contributed by atoms with Gasteiger partial charge in [-0.1, -0.05) is 34.1 Å². The molecule has 19 heavy (non-hydrogen) atoms. The first-order valence-electron chi connectivity index (χ1n) is 5.75. The van der Waals surface area contributed by atoms with E-state index in [4.69, 9.17) is 9.47 Å². The quantitative estimate of drug-likeness (QED) is 0.859. The lowest BCUT2D eigenvalue weighted by atomic mass is 10.2. The van der Waals surface area contributed by atoms with E-state index in [1.165, 1.54) is 0 Å². The molecule has 2 aromatic rings. The van der Waals surface area contributed by atoms with Gasteiger partial charge >= 0.3 is 0 Å². The monoisotopic (exact) mass is 338 g/mol. The van der Waals surface area contributed by atoms with Gasteiger partial charge in [-0.3, -0.25) is 4.21 Å². The molecule has 3 nitrogen and oxygen atoms in total. The summed E-state index contributed by atoms with van der Waals surface area (Å²) in [6, 6.07) is 13.2. The fraction of sp³-hybridized carbons (Fsp3) is 0.143. The van der Waals surface area contributed by atoms with Crippen LogP contribution < -0.4 is 9.47 Å². The Labute approximate surface area is 122 Å². The van der Waals surface area contributed by atoms with Crippen molar-refractivity contribution in [3.05, 3.63) is 52.5 Å². The first kappa shape index (κ1) is 12.7. The van der Waals surface area contributed by atoms with Crippen LogP contribution in [-0.2, 0) is 16.6 Å². The molecule has 0 aliphatic carbocycles. The third kappa shape index (κ3) is 2.67. The van der Waals surface area contributed by atoms with Gasteiger partial charge in [0.05, 0.1) is 16.6 Å². The van der Waals surface area contributed by atoms with Crippen LogP contribution in [0.4, 0.5) is 0 Å². The van der Waals surface area contributed by atoms with Gasteiger partial charge in [0.25, 0.3) is 0 Å². The number of hydrogen-bond donors (Lipinski definition) is 0. The van der Waals surface area contributed by atoms with Crippen molar-refractivity contribution in [2.24, 2.45) is 0 Å². The van der Waals surface area contributed by atoms with E-state index in [0.29, 0.717) is 11.5 Å². The van der Waals surface area contributed by atoms with Crippen LogP contribution in [0.2, 0.25) is 0 Å². The lowest BCUT2D eigenvalue weighted by molar-refractivity contribution is 0.174. The smallest absolute Gasteiger partial charge is 0.231 e. The average Bonchev–Trinajstić information content (AvgIpc) is 2.87. The van der Waals surface area contributed by atoms with E-state index >= 15 is 0 Å². The van der Waals surface area contributed by atoms with E-state index in [1.54, 1.807) is 0 Å². The molecule has 1 aliphatic rings. The van der Waals surface area contributed by atoms with Crippen molar-refractivity contribution in [1.82, 2.24) is 0 Å². The largest absolute Gasteiger partial charge is 0.454 e. The highest BCUT2D eigenvalue weighted by molar-refractivity contribution is 9.10. The van der Waals surface area contributed by atoms with Crippen molar-refractivity contribution in [3.63, 3.8) is 0 Å². The number of rotatable bonds is 3. The van der Waals surface area contributed by atoms with Gasteiger partial charge in [-0.15, -0.1) is 0 Å². The van der Waals surface area contributed by atoms with Crippen LogP contribution in [-0.4, -0.2) is 11.0 Å². The lowest BCUT2D eigenvalue weighted by Crippen LogP contribution is -1.97. The Morgan fingerprint density at radius 3 is 2.53 bits per heavy atom. The molecular weight excluding hydrogens is 328 g/mol. The second-order valence-electron chi connectivity index (χ2n) is 4.10. The van der Waals surface area contributed by atoms with Crippen molar-refractivity contribution in [3.8, 4) is 11.5 Å². The predicted molar refractivity (Wildman–Crippen MR) is 76.8 cm³/mol. The SMILES string of the molecule is O=[S@](Cc1cc2c(cc1Br)OCO2)c1ccccc1. The molecule has 1 heterocycles. The summed E-state index contributed by atoms with van der Waals surface area (Å²) in [7, 11) is -1.07. The summed E-state index contributed by atoms with van der Waals surface area (Å²) in [5.41, 5.74) is 0.950. The summed E-state index contributed by atoms with van der Waals surface area (Å²) in [6.45, 7) is 0.243. The van der Waals surface area contributed by atoms with Gasteiger partial charge in [0.1, 0.15) is 0 Å². The Morgan fingerprint density at radius 2 is 1.79 bits per heavy atom. The Morgan fingerprint density at radius 1 is 1.11 bits per heavy atom. The van der Waals surface area contributed by atoms with Crippen molar-refractivity contribution in [2.75, 3.05) is 6.79 Å². The zero-order valence-electron chi connectivity index (χ0n) is 9.97. The Hall–Kier alpha value is -1.33. The van der Waals surface area contributed by atoms with Gasteiger partial charge < -0.3 is 9.47 Å². The number of hydrogen-bond acceptors (Lipinski definition) is 3. The molecule has 1 aliphatic heterocycles. The van der Waals surface area contributed by atoms with Crippen LogP contribution in [0.5, 0.6) is 11.5 Å². The first-order valence-corrected chi connectivity index (χ1v) is 7.86. The minimum atomic E-state index is -1.07. The van der Waals surface area contributed by atoms with Crippen LogP contribution >= 0.6 is 15.9 Å². The predicted octanol–water partition coefficient (Wildman–Crippen LogP) is 3.49. The summed E-state index contributed by atoms with van der Waals surface area (Å²) in [5, 5.41) is 0. The number of benzene rings is 2. The maximum atomic E-state index is 12.3. The second-order valence-corrected chi connectivity index (χ2v) is 6.41. The van der Waals surface area contributed by atoms with Crippen molar-refractivity contribution in [2.45, 2.75) is 10.6 Å². The molecule has 5 heteroatoms. The zero-order valence-corrected chi connectivity index (χ0v) is 12.4. The molecule has 0 spiro atoms. The minimum Gasteiger partial charge on any atom is -0.454 e. The lowest BCUT2D eigenvalue weighted by Gasteiger charge is -2.06. The summed E-state index contributed by atoms with van der Waals surface area (Å²) >= 11 is 3.48. The highest BCUT2D eigenvalue weighted by Crippen LogP contribution is 2.37. The third-order valence-corrected chi connectivity index (χ3v) is 4.94. The number of fused-ring (bicyclic) bond motifs is 1. The first-order chi connectivity index (χ1) is 9.24. The number of ether oxygens (including phenoxy) is 2. The van der Waals surface area contributed by atoms with Gasteiger partial charge in [0, 0.05) is 9.37 Å². The molecule has 3 rings (SSSR count). The average molecular weight is 339 g/mol. The Kier molecular flexibility index (Phi) is 3.57. The Bertz CT molecular complexity index is 628. The molecule has 0 N–H and O–H groups in total. The van der Waals surface area contributed by atoms with Gasteiger partial charge in [-0.25, -0.2) is 0 Å². The van der Waals surface area contributed by atoms with E-state index in [-0.39, 0.29) is 6.79 Å². The highest BCUT2D eigenvalue weighted by atomic mass is 79.9. The molecule has 0 unspecified atom stereocenters. The highest BCUT2D eigenvalue weighted by Gasteiger charge is 2.17. The van der Waals surface area contributed by atoms with Crippen LogP contribution in [0.1, 0.15) is 5.56 Å². The summed E-state index contributed by atoms with van der Waals surface area (Å²) in [5.74, 6) is 1.88. The molecular formula is C14H11BrO3S. The molecule has 98 valence electrons. The van der Waals surface area contributed by atoms with Crippen molar-refractivity contribution < 1.29 is 13.7 Å². The van der Waals surface area contributed by atoms with Crippen LogP contribution in [0.15, 0.2) is 51.8 Å². The van der Waals surface area contributed by atoms with Crippen molar-refractivity contribution >= 4 is 26.7 Å². The van der Waals surface area contributed by atoms with Gasteiger partial charge in [-0.05, 0) is 29.8 Å². The summed E-state index contributed by atoms with van der Waals surface area (Å²) in [6.07, 6.45) is 0. The van der Waals surface area contributed by atoms with Crippen molar-refractivity contribution in [1.29, 1.82) is 0 Å². The van der Waals surface area contributed by atoms with Gasteiger partial charge in [-0.2, -0.15) is 0 Å². The molecule has 2 aromatic carbocycles. The molecule has 0 aromatic heterocycles. The number of halogens is 1. The summed E-state index contributed by atoms with van der Waals surface area (Å²) < 4.78 is 23.8. The molecule has 0 saturated heterocycles. The second kappa shape index (κ2) is 5.35. The normalized spacial score (nSPS) is 14.4. The minimum absolute atomic E-state index is 0.243. The van der Waals surface area contributed by atoms with Gasteiger partial charge in [0.2, 0.25) is 6.79 Å². The van der Waals surface area contributed by atoms with E-state index in [2.05, 4.69) is 15.9 Å². The van der Waals surface area contributed by atoms with Crippen LogP contribution in [0, 0.1) is 0 Å². The standard InChI is InChI=1S/C14H11BrO3S/c15-12-7-14-13(17-9-18-14)6-10(12)8-19(16)11-4-2-1-3-5-11/h1-7H,8-9H2/t19-/m1/s1. The zero-order chi connectivity index (χ0) is 13.2. The fourth-order valence-corrected chi connectivity index (χ4v) is 3.66. The maximum Gasteiger partial charge on any atom is 0.231 e. The van der Waals surface area contributed by atoms with Gasteiger partial charge in [0.15, 0.2) is 11.5 Å². The van der Waals surface area contributed by atoms with E-state index in [9.17, 15) is 4.21 Å². The van der Waals surface area contributed by atoms with Crippen LogP contribution in [0.3, 0.4) is 0 Å². The molecule has 0 bridgehead atoms. The topological polar surface area (TPSA) is 35.5 Å².